The van der Waals surface area contributed by atoms with Crippen LogP contribution < -0.4 is 0 Å². The van der Waals surface area contributed by atoms with E-state index in [2.05, 4.69) is 11.3 Å². The molecule has 0 saturated carbocycles. The lowest BCUT2D eigenvalue weighted by Crippen LogP contribution is -2.35. The summed E-state index contributed by atoms with van der Waals surface area (Å²) in [5.41, 5.74) is 1.03. The summed E-state index contributed by atoms with van der Waals surface area (Å²) >= 11 is 6.65. The second-order valence-electron chi connectivity index (χ2n) is 5.51. The van der Waals surface area contributed by atoms with Crippen molar-refractivity contribution >= 4 is 29.5 Å². The van der Waals surface area contributed by atoms with Crippen molar-refractivity contribution in [3.8, 4) is 0 Å². The molecule has 2 aromatic rings. The first kappa shape index (κ1) is 19.4. The highest BCUT2D eigenvalue weighted by Crippen LogP contribution is 2.38. The van der Waals surface area contributed by atoms with Crippen LogP contribution in [0.4, 0.5) is 0 Å². The number of hydrogen-bond donors (Lipinski definition) is 0. The Morgan fingerprint density at radius 3 is 1.85 bits per heavy atom. The summed E-state index contributed by atoms with van der Waals surface area (Å²) in [6.45, 7) is 4.12. The largest absolute Gasteiger partial charge is 0.450 e. The number of carbonyl (C=O) groups excluding carboxylic acids is 3. The van der Waals surface area contributed by atoms with Crippen LogP contribution in [0.5, 0.6) is 0 Å². The van der Waals surface area contributed by atoms with Crippen LogP contribution >= 0.6 is 11.6 Å². The maximum absolute atomic E-state index is 12.7. The molecule has 26 heavy (non-hydrogen) atoms. The predicted octanol–water partition coefficient (Wildman–Crippen LogP) is 3.36. The third-order valence-corrected chi connectivity index (χ3v) is 4.09. The zero-order valence-electron chi connectivity index (χ0n) is 14.1. The fraction of sp³-hybridized carbons (Fsp3) is 0.150. The van der Waals surface area contributed by atoms with E-state index in [0.29, 0.717) is 11.1 Å². The molecule has 0 aliphatic rings. The van der Waals surface area contributed by atoms with Crippen molar-refractivity contribution in [3.05, 3.63) is 83.9 Å². The van der Waals surface area contributed by atoms with Crippen molar-refractivity contribution in [3.63, 3.8) is 0 Å². The molecule has 0 atom stereocenters. The number of alkyl halides is 1. The number of halogens is 1. The van der Waals surface area contributed by atoms with Crippen LogP contribution in [0.2, 0.25) is 0 Å². The fourth-order valence-corrected chi connectivity index (χ4v) is 2.48. The van der Waals surface area contributed by atoms with E-state index in [0.717, 1.165) is 0 Å². The highest BCUT2D eigenvalue weighted by atomic mass is 35.5. The van der Waals surface area contributed by atoms with E-state index < -0.39 is 29.4 Å². The van der Waals surface area contributed by atoms with Crippen molar-refractivity contribution in [2.45, 2.75) is 11.8 Å². The van der Waals surface area contributed by atoms with Gasteiger partial charge in [0.25, 0.3) is 0 Å². The number of benzene rings is 2. The molecular formula is C20H17ClO5. The SMILES string of the molecule is C=C(C)C(=O)OCC(=O)OC(=O)C(Cl)(c1ccccc1)c1ccccc1. The zero-order chi connectivity index (χ0) is 19.2. The number of rotatable bonds is 6. The molecule has 134 valence electrons. The molecule has 0 spiro atoms. The third kappa shape index (κ3) is 4.37. The van der Waals surface area contributed by atoms with Crippen LogP contribution in [-0.4, -0.2) is 24.5 Å². The van der Waals surface area contributed by atoms with E-state index in [1.165, 1.54) is 6.92 Å². The molecule has 0 N–H and O–H groups in total. The summed E-state index contributed by atoms with van der Waals surface area (Å²) in [4.78, 5) is 34.2. The standard InChI is InChI=1S/C20H17ClO5/c1-14(2)18(23)25-13-17(22)26-19(24)20(21,15-9-5-3-6-10-15)16-11-7-4-8-12-16/h3-12H,1,13H2,2H3. The summed E-state index contributed by atoms with van der Waals surface area (Å²) in [5.74, 6) is -2.76. The Kier molecular flexibility index (Phi) is 6.31. The molecule has 0 bridgehead atoms. The Morgan fingerprint density at radius 2 is 1.42 bits per heavy atom. The van der Waals surface area contributed by atoms with E-state index >= 15 is 0 Å². The average molecular weight is 373 g/mol. The predicted molar refractivity (Wildman–Crippen MR) is 96.4 cm³/mol. The molecule has 0 unspecified atom stereocenters. The van der Waals surface area contributed by atoms with Gasteiger partial charge in [-0.3, -0.25) is 0 Å². The van der Waals surface area contributed by atoms with Crippen LogP contribution in [0.1, 0.15) is 18.1 Å². The fourth-order valence-electron chi connectivity index (χ4n) is 2.19. The van der Waals surface area contributed by atoms with E-state index in [-0.39, 0.29) is 5.57 Å². The number of esters is 3. The molecule has 2 rings (SSSR count). The van der Waals surface area contributed by atoms with E-state index in [9.17, 15) is 14.4 Å². The van der Waals surface area contributed by atoms with Gasteiger partial charge in [0, 0.05) is 5.57 Å². The van der Waals surface area contributed by atoms with Gasteiger partial charge in [-0.15, -0.1) is 0 Å². The van der Waals surface area contributed by atoms with Gasteiger partial charge < -0.3 is 9.47 Å². The Morgan fingerprint density at radius 1 is 0.962 bits per heavy atom. The minimum atomic E-state index is -1.71. The summed E-state index contributed by atoms with van der Waals surface area (Å²) in [5, 5.41) is 0. The second kappa shape index (κ2) is 8.45. The Hall–Kier alpha value is -2.92. The summed E-state index contributed by atoms with van der Waals surface area (Å²) in [6, 6.07) is 17.1. The van der Waals surface area contributed by atoms with Crippen LogP contribution in [0, 0.1) is 0 Å². The first-order valence-corrected chi connectivity index (χ1v) is 8.11. The van der Waals surface area contributed by atoms with Gasteiger partial charge in [-0.05, 0) is 18.1 Å². The van der Waals surface area contributed by atoms with Crippen molar-refractivity contribution in [2.24, 2.45) is 0 Å². The molecular weight excluding hydrogens is 356 g/mol. The van der Waals surface area contributed by atoms with E-state index in [1.54, 1.807) is 60.7 Å². The maximum Gasteiger partial charge on any atom is 0.351 e. The molecule has 0 fully saturated rings. The summed E-state index contributed by atoms with van der Waals surface area (Å²) in [6.07, 6.45) is 0. The van der Waals surface area contributed by atoms with Crippen LogP contribution in [0.25, 0.3) is 0 Å². The Labute approximate surface area is 156 Å². The van der Waals surface area contributed by atoms with Crippen LogP contribution in [-0.2, 0) is 28.7 Å². The highest BCUT2D eigenvalue weighted by Gasteiger charge is 2.43. The molecule has 0 aliphatic heterocycles. The normalized spacial score (nSPS) is 10.7. The van der Waals surface area contributed by atoms with E-state index in [4.69, 9.17) is 16.3 Å². The third-order valence-electron chi connectivity index (χ3n) is 3.50. The Bertz CT molecular complexity index is 775. The molecule has 0 saturated heterocycles. The summed E-state index contributed by atoms with van der Waals surface area (Å²) in [7, 11) is 0. The van der Waals surface area contributed by atoms with Crippen molar-refractivity contribution in [1.29, 1.82) is 0 Å². The summed E-state index contributed by atoms with van der Waals surface area (Å²) < 4.78 is 9.52. The number of ether oxygens (including phenoxy) is 2. The van der Waals surface area contributed by atoms with Crippen molar-refractivity contribution in [1.82, 2.24) is 0 Å². The molecule has 0 amide bonds. The molecule has 6 heteroatoms. The quantitative estimate of drug-likeness (QED) is 0.336. The zero-order valence-corrected chi connectivity index (χ0v) is 14.9. The molecule has 5 nitrogen and oxygen atoms in total. The van der Waals surface area contributed by atoms with Crippen molar-refractivity contribution in [2.75, 3.05) is 6.61 Å². The first-order chi connectivity index (χ1) is 12.4. The number of hydrogen-bond acceptors (Lipinski definition) is 5. The van der Waals surface area contributed by atoms with Crippen LogP contribution in [0.15, 0.2) is 72.8 Å². The average Bonchev–Trinajstić information content (AvgIpc) is 2.66. The van der Waals surface area contributed by atoms with Crippen molar-refractivity contribution < 1.29 is 23.9 Å². The van der Waals surface area contributed by atoms with Gasteiger partial charge in [0.15, 0.2) is 11.5 Å². The minimum absolute atomic E-state index is 0.129. The molecule has 2 aromatic carbocycles. The maximum atomic E-state index is 12.7. The lowest BCUT2D eigenvalue weighted by Gasteiger charge is -2.25. The van der Waals surface area contributed by atoms with Gasteiger partial charge in [0.2, 0.25) is 0 Å². The van der Waals surface area contributed by atoms with Gasteiger partial charge in [-0.2, -0.15) is 0 Å². The minimum Gasteiger partial charge on any atom is -0.450 e. The lowest BCUT2D eigenvalue weighted by molar-refractivity contribution is -0.167. The lowest BCUT2D eigenvalue weighted by atomic mass is 9.90. The smallest absolute Gasteiger partial charge is 0.351 e. The molecule has 0 heterocycles. The highest BCUT2D eigenvalue weighted by molar-refractivity contribution is 6.36. The molecule has 0 aliphatic carbocycles. The monoisotopic (exact) mass is 372 g/mol. The molecule has 0 aromatic heterocycles. The van der Waals surface area contributed by atoms with E-state index in [1.807, 2.05) is 0 Å². The Balaban J connectivity index is 2.24. The van der Waals surface area contributed by atoms with Gasteiger partial charge >= 0.3 is 17.9 Å². The van der Waals surface area contributed by atoms with Crippen LogP contribution in [0.3, 0.4) is 0 Å². The molecule has 0 radical (unpaired) electrons. The topological polar surface area (TPSA) is 69.7 Å². The van der Waals surface area contributed by atoms with Gasteiger partial charge in [-0.25, -0.2) is 14.4 Å². The van der Waals surface area contributed by atoms with Gasteiger partial charge in [0.05, 0.1) is 0 Å². The second-order valence-corrected chi connectivity index (χ2v) is 6.08. The number of carbonyl (C=O) groups is 3. The van der Waals surface area contributed by atoms with Gasteiger partial charge in [0.1, 0.15) is 0 Å². The van der Waals surface area contributed by atoms with Gasteiger partial charge in [-0.1, -0.05) is 78.8 Å². The first-order valence-electron chi connectivity index (χ1n) is 7.73.